The molecule has 0 aliphatic rings. The molecule has 1 amide bonds. The molecule has 23 heavy (non-hydrogen) atoms. The van der Waals surface area contributed by atoms with Gasteiger partial charge in [0.05, 0.1) is 11.8 Å². The number of nitrogens with one attached hydrogen (secondary N) is 2. The van der Waals surface area contributed by atoms with Crippen LogP contribution in [0.5, 0.6) is 0 Å². The molecular weight excluding hydrogens is 306 g/mol. The summed E-state index contributed by atoms with van der Waals surface area (Å²) in [4.78, 5) is 16.6. The Morgan fingerprint density at radius 2 is 2.13 bits per heavy atom. The van der Waals surface area contributed by atoms with Gasteiger partial charge in [0.25, 0.3) is 5.91 Å². The SMILES string of the molecule is Cc1[nH]c2ccccc2c1/C=N/NC(=O)c1csc(C(C)C)c1. The van der Waals surface area contributed by atoms with E-state index in [4.69, 9.17) is 0 Å². The number of nitrogens with zero attached hydrogens (tertiary/aromatic N) is 1. The highest BCUT2D eigenvalue weighted by molar-refractivity contribution is 7.10. The minimum absolute atomic E-state index is 0.179. The number of hydrazone groups is 1. The van der Waals surface area contributed by atoms with E-state index in [-0.39, 0.29) is 5.91 Å². The number of fused-ring (bicyclic) bond motifs is 1. The fourth-order valence-corrected chi connectivity index (χ4v) is 3.36. The Bertz CT molecular complexity index is 873. The maximum absolute atomic E-state index is 12.1. The number of carbonyl (C=O) groups is 1. The maximum atomic E-state index is 12.1. The average molecular weight is 325 g/mol. The van der Waals surface area contributed by atoms with Gasteiger partial charge in [-0.25, -0.2) is 5.43 Å². The van der Waals surface area contributed by atoms with Crippen LogP contribution in [0.1, 0.15) is 46.3 Å². The highest BCUT2D eigenvalue weighted by atomic mass is 32.1. The van der Waals surface area contributed by atoms with Gasteiger partial charge in [0.2, 0.25) is 0 Å². The summed E-state index contributed by atoms with van der Waals surface area (Å²) >= 11 is 1.60. The van der Waals surface area contributed by atoms with Crippen LogP contribution in [-0.4, -0.2) is 17.1 Å². The zero-order valence-electron chi connectivity index (χ0n) is 13.4. The monoisotopic (exact) mass is 325 g/mol. The summed E-state index contributed by atoms with van der Waals surface area (Å²) < 4.78 is 0. The maximum Gasteiger partial charge on any atom is 0.272 e. The number of thiophene rings is 1. The molecule has 0 fully saturated rings. The third-order valence-corrected chi connectivity index (χ3v) is 4.99. The Labute approximate surface area is 139 Å². The fraction of sp³-hybridized carbons (Fsp3) is 0.222. The Kier molecular flexibility index (Phi) is 4.30. The molecule has 5 heteroatoms. The number of benzene rings is 1. The van der Waals surface area contributed by atoms with Gasteiger partial charge in [0.15, 0.2) is 0 Å². The van der Waals surface area contributed by atoms with Crippen LogP contribution in [0.25, 0.3) is 10.9 Å². The Morgan fingerprint density at radius 3 is 2.87 bits per heavy atom. The van der Waals surface area contributed by atoms with E-state index in [1.54, 1.807) is 17.6 Å². The van der Waals surface area contributed by atoms with Gasteiger partial charge < -0.3 is 4.98 Å². The summed E-state index contributed by atoms with van der Waals surface area (Å²) in [5, 5.41) is 7.09. The molecule has 0 saturated carbocycles. The zero-order chi connectivity index (χ0) is 16.4. The van der Waals surface area contributed by atoms with Crippen LogP contribution < -0.4 is 5.43 Å². The Balaban J connectivity index is 1.75. The lowest BCUT2D eigenvalue weighted by molar-refractivity contribution is 0.0955. The molecule has 1 aromatic carbocycles. The number of aryl methyl sites for hydroxylation is 1. The molecule has 2 aromatic heterocycles. The predicted molar refractivity (Wildman–Crippen MR) is 96.5 cm³/mol. The van der Waals surface area contributed by atoms with Gasteiger partial charge in [-0.2, -0.15) is 5.10 Å². The van der Waals surface area contributed by atoms with Crippen molar-refractivity contribution in [3.8, 4) is 0 Å². The minimum atomic E-state index is -0.179. The van der Waals surface area contributed by atoms with Crippen LogP contribution >= 0.6 is 11.3 Å². The zero-order valence-corrected chi connectivity index (χ0v) is 14.2. The molecule has 0 saturated heterocycles. The summed E-state index contributed by atoms with van der Waals surface area (Å²) in [6, 6.07) is 9.97. The number of carbonyl (C=O) groups excluding carboxylic acids is 1. The molecule has 0 unspecified atom stereocenters. The van der Waals surface area contributed by atoms with E-state index in [2.05, 4.69) is 29.4 Å². The van der Waals surface area contributed by atoms with Gasteiger partial charge in [0.1, 0.15) is 0 Å². The quantitative estimate of drug-likeness (QED) is 0.541. The van der Waals surface area contributed by atoms with E-state index < -0.39 is 0 Å². The number of para-hydroxylation sites is 1. The van der Waals surface area contributed by atoms with Crippen molar-refractivity contribution in [1.82, 2.24) is 10.4 Å². The molecular formula is C18H19N3OS. The second-order valence-electron chi connectivity index (χ2n) is 5.80. The second-order valence-corrected chi connectivity index (χ2v) is 6.74. The van der Waals surface area contributed by atoms with Gasteiger partial charge >= 0.3 is 0 Å². The van der Waals surface area contributed by atoms with Crippen LogP contribution in [0.3, 0.4) is 0 Å². The molecule has 3 aromatic rings. The van der Waals surface area contributed by atoms with Gasteiger partial charge in [0, 0.05) is 32.4 Å². The van der Waals surface area contributed by atoms with Crippen LogP contribution in [0.4, 0.5) is 0 Å². The number of hydrogen-bond donors (Lipinski definition) is 2. The topological polar surface area (TPSA) is 57.2 Å². The lowest BCUT2D eigenvalue weighted by atomic mass is 10.1. The number of rotatable bonds is 4. The number of amides is 1. The molecule has 118 valence electrons. The molecule has 0 aliphatic heterocycles. The van der Waals surface area contributed by atoms with E-state index >= 15 is 0 Å². The predicted octanol–water partition coefficient (Wildman–Crippen LogP) is 4.43. The molecule has 2 heterocycles. The standard InChI is InChI=1S/C18H19N3OS/c1-11(2)17-8-13(10-23-17)18(22)21-19-9-15-12(3)20-16-7-5-4-6-14(15)16/h4-11,20H,1-3H3,(H,21,22)/b19-9+. The first-order chi connectivity index (χ1) is 11.1. The van der Waals surface area contributed by atoms with Crippen LogP contribution in [0.2, 0.25) is 0 Å². The first kappa shape index (κ1) is 15.5. The van der Waals surface area contributed by atoms with Crippen molar-refractivity contribution in [1.29, 1.82) is 0 Å². The highest BCUT2D eigenvalue weighted by Crippen LogP contribution is 2.23. The summed E-state index contributed by atoms with van der Waals surface area (Å²) in [6.07, 6.45) is 1.70. The first-order valence-corrected chi connectivity index (χ1v) is 8.43. The van der Waals surface area contributed by atoms with Crippen LogP contribution in [0.15, 0.2) is 40.8 Å². The third kappa shape index (κ3) is 3.19. The Hall–Kier alpha value is -2.40. The number of hydrogen-bond acceptors (Lipinski definition) is 3. The Morgan fingerprint density at radius 1 is 1.35 bits per heavy atom. The van der Waals surface area contributed by atoms with Gasteiger partial charge in [-0.3, -0.25) is 4.79 Å². The third-order valence-electron chi connectivity index (χ3n) is 3.75. The van der Waals surface area contributed by atoms with Gasteiger partial charge in [-0.1, -0.05) is 32.0 Å². The van der Waals surface area contributed by atoms with Crippen molar-refractivity contribution >= 4 is 34.4 Å². The summed E-state index contributed by atoms with van der Waals surface area (Å²) in [5.41, 5.74) is 6.35. The van der Waals surface area contributed by atoms with Crippen molar-refractivity contribution in [2.45, 2.75) is 26.7 Å². The van der Waals surface area contributed by atoms with Crippen LogP contribution in [0, 0.1) is 6.92 Å². The molecule has 3 rings (SSSR count). The number of H-pyrrole nitrogens is 1. The van der Waals surface area contributed by atoms with Gasteiger partial charge in [-0.05, 0) is 25.0 Å². The number of aromatic nitrogens is 1. The van der Waals surface area contributed by atoms with E-state index in [1.165, 1.54) is 4.88 Å². The van der Waals surface area contributed by atoms with Crippen molar-refractivity contribution in [2.75, 3.05) is 0 Å². The molecule has 4 nitrogen and oxygen atoms in total. The molecule has 0 atom stereocenters. The summed E-state index contributed by atoms with van der Waals surface area (Å²) in [7, 11) is 0. The molecule has 0 spiro atoms. The molecule has 0 aliphatic carbocycles. The van der Waals surface area contributed by atoms with E-state index in [9.17, 15) is 4.79 Å². The number of aromatic amines is 1. The minimum Gasteiger partial charge on any atom is -0.358 e. The normalized spacial score (nSPS) is 11.7. The van der Waals surface area contributed by atoms with E-state index in [0.717, 1.165) is 22.2 Å². The van der Waals surface area contributed by atoms with Crippen molar-refractivity contribution in [3.05, 3.63) is 57.4 Å². The van der Waals surface area contributed by atoms with Crippen molar-refractivity contribution in [2.24, 2.45) is 5.10 Å². The molecule has 0 bridgehead atoms. The lowest BCUT2D eigenvalue weighted by Gasteiger charge is -1.98. The summed E-state index contributed by atoms with van der Waals surface area (Å²) in [6.45, 7) is 6.23. The molecule has 2 N–H and O–H groups in total. The van der Waals surface area contributed by atoms with Crippen molar-refractivity contribution in [3.63, 3.8) is 0 Å². The summed E-state index contributed by atoms with van der Waals surface area (Å²) in [5.74, 6) is 0.251. The fourth-order valence-electron chi connectivity index (χ4n) is 2.46. The largest absolute Gasteiger partial charge is 0.358 e. The average Bonchev–Trinajstić information content (AvgIpc) is 3.12. The first-order valence-electron chi connectivity index (χ1n) is 7.55. The van der Waals surface area contributed by atoms with E-state index in [1.807, 2.05) is 42.6 Å². The van der Waals surface area contributed by atoms with E-state index in [0.29, 0.717) is 11.5 Å². The molecule has 0 radical (unpaired) electrons. The van der Waals surface area contributed by atoms with Gasteiger partial charge in [-0.15, -0.1) is 11.3 Å². The van der Waals surface area contributed by atoms with Crippen molar-refractivity contribution < 1.29 is 4.79 Å². The highest BCUT2D eigenvalue weighted by Gasteiger charge is 2.10. The smallest absolute Gasteiger partial charge is 0.272 e. The van der Waals surface area contributed by atoms with Crippen LogP contribution in [-0.2, 0) is 0 Å². The second kappa shape index (κ2) is 6.38. The lowest BCUT2D eigenvalue weighted by Crippen LogP contribution is -2.16.